The lowest BCUT2D eigenvalue weighted by Crippen LogP contribution is -2.07. The minimum atomic E-state index is -0.718. The van der Waals surface area contributed by atoms with E-state index in [1.54, 1.807) is 24.3 Å². The Morgan fingerprint density at radius 3 is 3.07 bits per heavy atom. The lowest BCUT2D eigenvalue weighted by Gasteiger charge is -2.08. The third-order valence-corrected chi connectivity index (χ3v) is 3.24. The highest BCUT2D eigenvalue weighted by atomic mass is 32.2. The standard InChI is InChI=1S/C10H16N2O2S/c1-9(7-10(13)14)15-6-2-4-12-5-3-11-8-12/h3,5,8-9H,2,4,6-7H2,1H3,(H,13,14). The fraction of sp³-hybridized carbons (Fsp3) is 0.600. The second-order valence-electron chi connectivity index (χ2n) is 3.43. The molecule has 0 bridgehead atoms. The summed E-state index contributed by atoms with van der Waals surface area (Å²) in [4.78, 5) is 14.4. The number of hydrogen-bond acceptors (Lipinski definition) is 3. The Morgan fingerprint density at radius 2 is 2.47 bits per heavy atom. The molecule has 15 heavy (non-hydrogen) atoms. The van der Waals surface area contributed by atoms with E-state index in [-0.39, 0.29) is 11.7 Å². The number of nitrogens with zero attached hydrogens (tertiary/aromatic N) is 2. The quantitative estimate of drug-likeness (QED) is 0.724. The van der Waals surface area contributed by atoms with Gasteiger partial charge in [-0.3, -0.25) is 4.79 Å². The number of rotatable bonds is 7. The van der Waals surface area contributed by atoms with E-state index < -0.39 is 5.97 Å². The van der Waals surface area contributed by atoms with Crippen LogP contribution in [-0.2, 0) is 11.3 Å². The second kappa shape index (κ2) is 6.50. The Labute approximate surface area is 93.7 Å². The van der Waals surface area contributed by atoms with Gasteiger partial charge in [0, 0.05) is 24.2 Å². The van der Waals surface area contributed by atoms with E-state index in [9.17, 15) is 4.79 Å². The first kappa shape index (κ1) is 12.1. The van der Waals surface area contributed by atoms with Crippen molar-refractivity contribution in [1.82, 2.24) is 9.55 Å². The van der Waals surface area contributed by atoms with Crippen LogP contribution < -0.4 is 0 Å². The SMILES string of the molecule is CC(CC(=O)O)SCCCn1ccnc1. The van der Waals surface area contributed by atoms with Crippen LogP contribution in [-0.4, -0.2) is 31.6 Å². The van der Waals surface area contributed by atoms with Crippen LogP contribution in [0.3, 0.4) is 0 Å². The molecule has 0 amide bonds. The van der Waals surface area contributed by atoms with Crippen LogP contribution in [0.2, 0.25) is 0 Å². The molecule has 1 aromatic heterocycles. The summed E-state index contributed by atoms with van der Waals surface area (Å²) in [6, 6.07) is 0. The van der Waals surface area contributed by atoms with Crippen LogP contribution in [0.1, 0.15) is 19.8 Å². The number of carbonyl (C=O) groups is 1. The molecule has 1 heterocycles. The lowest BCUT2D eigenvalue weighted by molar-refractivity contribution is -0.136. The topological polar surface area (TPSA) is 55.1 Å². The molecule has 4 nitrogen and oxygen atoms in total. The number of hydrogen-bond donors (Lipinski definition) is 1. The van der Waals surface area contributed by atoms with E-state index in [0.29, 0.717) is 0 Å². The van der Waals surface area contributed by atoms with Crippen LogP contribution in [0.25, 0.3) is 0 Å². The summed E-state index contributed by atoms with van der Waals surface area (Å²) in [6.07, 6.45) is 6.79. The average Bonchev–Trinajstić information content (AvgIpc) is 2.63. The predicted octanol–water partition coefficient (Wildman–Crippen LogP) is 1.87. The van der Waals surface area contributed by atoms with E-state index in [4.69, 9.17) is 5.11 Å². The highest BCUT2D eigenvalue weighted by Gasteiger charge is 2.06. The zero-order chi connectivity index (χ0) is 11.1. The number of imidazole rings is 1. The van der Waals surface area contributed by atoms with Crippen molar-refractivity contribution in [2.24, 2.45) is 0 Å². The summed E-state index contributed by atoms with van der Waals surface area (Å²) >= 11 is 1.71. The molecule has 1 N–H and O–H groups in total. The van der Waals surface area contributed by atoms with Crippen molar-refractivity contribution >= 4 is 17.7 Å². The van der Waals surface area contributed by atoms with Gasteiger partial charge in [0.1, 0.15) is 0 Å². The smallest absolute Gasteiger partial charge is 0.304 e. The number of aromatic nitrogens is 2. The number of aryl methyl sites for hydroxylation is 1. The molecule has 0 aliphatic carbocycles. The van der Waals surface area contributed by atoms with Crippen molar-refractivity contribution < 1.29 is 9.90 Å². The molecule has 1 aromatic rings. The van der Waals surface area contributed by atoms with E-state index in [2.05, 4.69) is 4.98 Å². The molecule has 1 rings (SSSR count). The zero-order valence-corrected chi connectivity index (χ0v) is 9.61. The summed E-state index contributed by atoms with van der Waals surface area (Å²) in [7, 11) is 0. The van der Waals surface area contributed by atoms with Crippen LogP contribution in [0.15, 0.2) is 18.7 Å². The maximum absolute atomic E-state index is 10.4. The van der Waals surface area contributed by atoms with E-state index in [0.717, 1.165) is 18.7 Å². The predicted molar refractivity (Wildman–Crippen MR) is 61.0 cm³/mol. The number of carboxylic acids is 1. The van der Waals surface area contributed by atoms with Gasteiger partial charge in [0.25, 0.3) is 0 Å². The van der Waals surface area contributed by atoms with Gasteiger partial charge in [-0.15, -0.1) is 0 Å². The molecule has 84 valence electrons. The summed E-state index contributed by atoms with van der Waals surface area (Å²) in [5.74, 6) is 0.275. The van der Waals surface area contributed by atoms with Gasteiger partial charge in [0.15, 0.2) is 0 Å². The largest absolute Gasteiger partial charge is 0.481 e. The van der Waals surface area contributed by atoms with Gasteiger partial charge < -0.3 is 9.67 Å². The fourth-order valence-corrected chi connectivity index (χ4v) is 2.21. The van der Waals surface area contributed by atoms with Crippen molar-refractivity contribution in [1.29, 1.82) is 0 Å². The first-order valence-electron chi connectivity index (χ1n) is 4.97. The first-order chi connectivity index (χ1) is 7.18. The molecule has 0 fully saturated rings. The molecule has 5 heteroatoms. The maximum Gasteiger partial charge on any atom is 0.304 e. The van der Waals surface area contributed by atoms with Gasteiger partial charge in [-0.25, -0.2) is 4.98 Å². The van der Waals surface area contributed by atoms with Gasteiger partial charge in [0.2, 0.25) is 0 Å². The molecule has 1 atom stereocenters. The average molecular weight is 228 g/mol. The maximum atomic E-state index is 10.4. The number of carboxylic acid groups (broad SMARTS) is 1. The molecule has 0 radical (unpaired) electrons. The summed E-state index contributed by atoms with van der Waals surface area (Å²) in [5, 5.41) is 8.76. The summed E-state index contributed by atoms with van der Waals surface area (Å²) < 4.78 is 2.03. The van der Waals surface area contributed by atoms with E-state index in [1.807, 2.05) is 17.7 Å². The van der Waals surface area contributed by atoms with Gasteiger partial charge in [0.05, 0.1) is 12.7 Å². The Morgan fingerprint density at radius 1 is 1.67 bits per heavy atom. The van der Waals surface area contributed by atoms with Crippen LogP contribution in [0.5, 0.6) is 0 Å². The molecule has 0 aliphatic rings. The third-order valence-electron chi connectivity index (χ3n) is 1.98. The third kappa shape index (κ3) is 5.47. The minimum absolute atomic E-state index is 0.199. The van der Waals surface area contributed by atoms with Gasteiger partial charge in [-0.1, -0.05) is 6.92 Å². The van der Waals surface area contributed by atoms with Crippen molar-refractivity contribution in [3.63, 3.8) is 0 Å². The molecule has 0 aliphatic heterocycles. The van der Waals surface area contributed by atoms with Crippen LogP contribution in [0, 0.1) is 0 Å². The highest BCUT2D eigenvalue weighted by Crippen LogP contribution is 2.15. The fourth-order valence-electron chi connectivity index (χ4n) is 1.26. The van der Waals surface area contributed by atoms with Crippen molar-refractivity contribution in [2.45, 2.75) is 31.6 Å². The molecule has 0 saturated heterocycles. The van der Waals surface area contributed by atoms with Crippen molar-refractivity contribution in [2.75, 3.05) is 5.75 Å². The molecular formula is C10H16N2O2S. The summed E-state index contributed by atoms with van der Waals surface area (Å²) in [5.41, 5.74) is 0. The van der Waals surface area contributed by atoms with Crippen molar-refractivity contribution in [3.05, 3.63) is 18.7 Å². The molecule has 1 unspecified atom stereocenters. The van der Waals surface area contributed by atoms with Gasteiger partial charge >= 0.3 is 5.97 Å². The first-order valence-corrected chi connectivity index (χ1v) is 6.02. The van der Waals surface area contributed by atoms with Gasteiger partial charge in [-0.05, 0) is 12.2 Å². The Kier molecular flexibility index (Phi) is 5.25. The van der Waals surface area contributed by atoms with Crippen molar-refractivity contribution in [3.8, 4) is 0 Å². The van der Waals surface area contributed by atoms with E-state index >= 15 is 0 Å². The molecular weight excluding hydrogens is 212 g/mol. The summed E-state index contributed by atoms with van der Waals surface area (Å²) in [6.45, 7) is 2.91. The molecule has 0 saturated carbocycles. The Hall–Kier alpha value is -0.970. The van der Waals surface area contributed by atoms with Crippen LogP contribution >= 0.6 is 11.8 Å². The highest BCUT2D eigenvalue weighted by molar-refractivity contribution is 7.99. The normalized spacial score (nSPS) is 12.6. The molecule has 0 aromatic carbocycles. The van der Waals surface area contributed by atoms with E-state index in [1.165, 1.54) is 0 Å². The van der Waals surface area contributed by atoms with Crippen LogP contribution in [0.4, 0.5) is 0 Å². The number of thioether (sulfide) groups is 1. The van der Waals surface area contributed by atoms with Gasteiger partial charge in [-0.2, -0.15) is 11.8 Å². The zero-order valence-electron chi connectivity index (χ0n) is 8.80. The Bertz CT molecular complexity index is 288. The monoisotopic (exact) mass is 228 g/mol. The second-order valence-corrected chi connectivity index (χ2v) is 4.98. The lowest BCUT2D eigenvalue weighted by atomic mass is 10.3. The number of aliphatic carboxylic acids is 1. The Balaban J connectivity index is 2.04. The molecule has 0 spiro atoms. The minimum Gasteiger partial charge on any atom is -0.481 e.